The van der Waals surface area contributed by atoms with Crippen molar-refractivity contribution in [2.24, 2.45) is 0 Å². The van der Waals surface area contributed by atoms with Crippen LogP contribution < -0.4 is 10.1 Å². The molecule has 2 heterocycles. The summed E-state index contributed by atoms with van der Waals surface area (Å²) in [5, 5.41) is 16.0. The number of amides is 1. The van der Waals surface area contributed by atoms with Crippen LogP contribution in [0.25, 0.3) is 10.6 Å². The number of methoxy groups -OCH3 is 1. The molecular weight excluding hydrogens is 304 g/mol. The van der Waals surface area contributed by atoms with Gasteiger partial charge in [-0.2, -0.15) is 0 Å². The third kappa shape index (κ3) is 3.12. The van der Waals surface area contributed by atoms with Gasteiger partial charge in [0.1, 0.15) is 10.0 Å². The number of carbonyl (C=O) groups excluding carboxylic acids is 1. The van der Waals surface area contributed by atoms with E-state index in [1.165, 1.54) is 24.5 Å². The van der Waals surface area contributed by atoms with Gasteiger partial charge in [-0.25, -0.2) is 0 Å². The third-order valence-corrected chi connectivity index (χ3v) is 3.78. The Hall–Kier alpha value is -2.74. The first-order valence-corrected chi connectivity index (χ1v) is 7.24. The Kier molecular flexibility index (Phi) is 4.10. The van der Waals surface area contributed by atoms with E-state index in [9.17, 15) is 4.79 Å². The summed E-state index contributed by atoms with van der Waals surface area (Å²) >= 11 is 1.42. The summed E-state index contributed by atoms with van der Waals surface area (Å²) in [7, 11) is 1.45. The van der Waals surface area contributed by atoms with Crippen LogP contribution in [0.5, 0.6) is 5.88 Å². The predicted molar refractivity (Wildman–Crippen MR) is 79.6 cm³/mol. The number of nitrogens with one attached hydrogen (secondary N) is 1. The van der Waals surface area contributed by atoms with Crippen molar-refractivity contribution in [1.29, 1.82) is 0 Å². The van der Waals surface area contributed by atoms with Gasteiger partial charge >= 0.3 is 0 Å². The van der Waals surface area contributed by atoms with E-state index in [-0.39, 0.29) is 24.1 Å². The van der Waals surface area contributed by atoms with Crippen LogP contribution in [0, 0.1) is 0 Å². The number of aromatic nitrogens is 3. The number of hydrogen-bond donors (Lipinski definition) is 1. The van der Waals surface area contributed by atoms with Crippen LogP contribution in [-0.2, 0) is 6.54 Å². The molecule has 0 unspecified atom stereocenters. The van der Waals surface area contributed by atoms with Gasteiger partial charge in [-0.1, -0.05) is 41.7 Å². The van der Waals surface area contributed by atoms with E-state index in [1.54, 1.807) is 0 Å². The maximum Gasteiger partial charge on any atom is 0.290 e. The van der Waals surface area contributed by atoms with E-state index in [0.29, 0.717) is 5.01 Å². The molecular formula is C14H12N4O3S. The summed E-state index contributed by atoms with van der Waals surface area (Å²) in [4.78, 5) is 11.9. The third-order valence-electron chi connectivity index (χ3n) is 2.81. The Morgan fingerprint density at radius 2 is 2.14 bits per heavy atom. The van der Waals surface area contributed by atoms with Gasteiger partial charge in [-0.05, 0) is 5.16 Å². The minimum absolute atomic E-state index is 0.0876. The summed E-state index contributed by atoms with van der Waals surface area (Å²) in [6.07, 6.45) is 0. The molecule has 0 aliphatic heterocycles. The lowest BCUT2D eigenvalue weighted by molar-refractivity contribution is 0.0913. The summed E-state index contributed by atoms with van der Waals surface area (Å²) < 4.78 is 9.72. The Morgan fingerprint density at radius 1 is 1.32 bits per heavy atom. The normalized spacial score (nSPS) is 10.4. The molecule has 0 saturated carbocycles. The van der Waals surface area contributed by atoms with Gasteiger partial charge in [0.25, 0.3) is 11.8 Å². The molecule has 7 nitrogen and oxygen atoms in total. The predicted octanol–water partition coefficient (Wildman–Crippen LogP) is 2.13. The second-order valence-corrected chi connectivity index (χ2v) is 5.35. The highest BCUT2D eigenvalue weighted by Crippen LogP contribution is 2.22. The van der Waals surface area contributed by atoms with Crippen molar-refractivity contribution in [3.8, 4) is 16.5 Å². The fraction of sp³-hybridized carbons (Fsp3) is 0.143. The lowest BCUT2D eigenvalue weighted by Crippen LogP contribution is -2.22. The lowest BCUT2D eigenvalue weighted by atomic mass is 10.2. The summed E-state index contributed by atoms with van der Waals surface area (Å²) in [6.45, 7) is 0.270. The molecule has 0 spiro atoms. The smallest absolute Gasteiger partial charge is 0.290 e. The molecule has 3 rings (SSSR count). The number of hydrogen-bond acceptors (Lipinski definition) is 7. The molecule has 2 aromatic heterocycles. The zero-order valence-corrected chi connectivity index (χ0v) is 12.5. The van der Waals surface area contributed by atoms with Crippen molar-refractivity contribution in [3.05, 3.63) is 47.2 Å². The minimum atomic E-state index is -0.382. The van der Waals surface area contributed by atoms with Gasteiger partial charge < -0.3 is 14.6 Å². The van der Waals surface area contributed by atoms with Crippen molar-refractivity contribution in [3.63, 3.8) is 0 Å². The van der Waals surface area contributed by atoms with E-state index < -0.39 is 0 Å². The Labute approximate surface area is 129 Å². The number of benzene rings is 1. The maximum absolute atomic E-state index is 11.9. The average Bonchev–Trinajstić information content (AvgIpc) is 3.22. The highest BCUT2D eigenvalue weighted by molar-refractivity contribution is 7.14. The highest BCUT2D eigenvalue weighted by atomic mass is 32.1. The highest BCUT2D eigenvalue weighted by Gasteiger charge is 2.14. The number of carbonyl (C=O) groups is 1. The molecule has 0 aliphatic carbocycles. The SMILES string of the molecule is COc1cc(C(=O)NCc2nnc(-c3ccccc3)s2)on1. The van der Waals surface area contributed by atoms with Crippen molar-refractivity contribution in [2.75, 3.05) is 7.11 Å². The standard InChI is InChI=1S/C14H12N4O3S/c1-20-11-7-10(21-18-11)13(19)15-8-12-16-17-14(22-12)9-5-3-2-4-6-9/h2-7H,8H2,1H3,(H,15,19). The topological polar surface area (TPSA) is 90.1 Å². The molecule has 1 N–H and O–H groups in total. The van der Waals surface area contributed by atoms with Crippen molar-refractivity contribution in [1.82, 2.24) is 20.7 Å². The fourth-order valence-electron chi connectivity index (χ4n) is 1.73. The largest absolute Gasteiger partial charge is 0.479 e. The van der Waals surface area contributed by atoms with Gasteiger partial charge in [0.2, 0.25) is 5.76 Å². The van der Waals surface area contributed by atoms with Crippen LogP contribution >= 0.6 is 11.3 Å². The average molecular weight is 316 g/mol. The maximum atomic E-state index is 11.9. The van der Waals surface area contributed by atoms with E-state index in [2.05, 4.69) is 20.7 Å². The molecule has 0 bridgehead atoms. The van der Waals surface area contributed by atoms with E-state index in [0.717, 1.165) is 10.6 Å². The molecule has 3 aromatic rings. The van der Waals surface area contributed by atoms with Crippen LogP contribution in [0.3, 0.4) is 0 Å². The monoisotopic (exact) mass is 316 g/mol. The Morgan fingerprint density at radius 3 is 2.86 bits per heavy atom. The fourth-order valence-corrected chi connectivity index (χ4v) is 2.51. The molecule has 8 heteroatoms. The van der Waals surface area contributed by atoms with Crippen molar-refractivity contribution < 1.29 is 14.1 Å². The zero-order chi connectivity index (χ0) is 15.4. The molecule has 0 atom stereocenters. The van der Waals surface area contributed by atoms with E-state index >= 15 is 0 Å². The van der Waals surface area contributed by atoms with Crippen molar-refractivity contribution >= 4 is 17.2 Å². The number of ether oxygens (including phenoxy) is 1. The molecule has 22 heavy (non-hydrogen) atoms. The molecule has 1 amide bonds. The second kappa shape index (κ2) is 6.35. The van der Waals surface area contributed by atoms with Crippen LogP contribution in [0.15, 0.2) is 40.9 Å². The molecule has 112 valence electrons. The van der Waals surface area contributed by atoms with Crippen LogP contribution in [0.2, 0.25) is 0 Å². The number of rotatable bonds is 5. The summed E-state index contributed by atoms with van der Waals surface area (Å²) in [5.41, 5.74) is 0.998. The molecule has 0 aliphatic rings. The first kappa shape index (κ1) is 14.2. The second-order valence-electron chi connectivity index (χ2n) is 4.28. The molecule has 0 radical (unpaired) electrons. The Balaban J connectivity index is 1.62. The zero-order valence-electron chi connectivity index (χ0n) is 11.6. The number of nitrogens with zero attached hydrogens (tertiary/aromatic N) is 3. The quantitative estimate of drug-likeness (QED) is 0.775. The van der Waals surface area contributed by atoms with Crippen LogP contribution in [0.4, 0.5) is 0 Å². The van der Waals surface area contributed by atoms with Crippen LogP contribution in [-0.4, -0.2) is 28.4 Å². The van der Waals surface area contributed by atoms with E-state index in [1.807, 2.05) is 30.3 Å². The Bertz CT molecular complexity index is 769. The molecule has 1 aromatic carbocycles. The van der Waals surface area contributed by atoms with Gasteiger partial charge in [0.05, 0.1) is 19.7 Å². The molecule has 0 fully saturated rings. The lowest BCUT2D eigenvalue weighted by Gasteiger charge is -1.97. The van der Waals surface area contributed by atoms with Gasteiger partial charge in [-0.15, -0.1) is 10.2 Å². The van der Waals surface area contributed by atoms with E-state index in [4.69, 9.17) is 9.26 Å². The molecule has 0 saturated heterocycles. The van der Waals surface area contributed by atoms with Gasteiger partial charge in [0.15, 0.2) is 0 Å². The van der Waals surface area contributed by atoms with Crippen molar-refractivity contribution in [2.45, 2.75) is 6.54 Å². The first-order chi connectivity index (χ1) is 10.8. The van der Waals surface area contributed by atoms with Gasteiger partial charge in [0, 0.05) is 5.56 Å². The van der Waals surface area contributed by atoms with Gasteiger partial charge in [-0.3, -0.25) is 4.79 Å². The first-order valence-electron chi connectivity index (χ1n) is 6.43. The summed E-state index contributed by atoms with van der Waals surface area (Å²) in [6, 6.07) is 11.2. The summed E-state index contributed by atoms with van der Waals surface area (Å²) in [5.74, 6) is -0.0376. The van der Waals surface area contributed by atoms with Crippen LogP contribution in [0.1, 0.15) is 15.6 Å². The minimum Gasteiger partial charge on any atom is -0.479 e.